The summed E-state index contributed by atoms with van der Waals surface area (Å²) in [6, 6.07) is 11.3. The normalized spacial score (nSPS) is 13.5. The molecule has 20 heavy (non-hydrogen) atoms. The topological polar surface area (TPSA) is 89.2 Å². The number of aliphatic hydroxyl groups is 2. The molecule has 6 heteroatoms. The lowest BCUT2D eigenvalue weighted by atomic mass is 10.1. The lowest BCUT2D eigenvalue weighted by Gasteiger charge is -2.14. The Labute approximate surface area is 120 Å². The van der Waals surface area contributed by atoms with Gasteiger partial charge in [-0.3, -0.25) is 0 Å². The molecule has 1 aromatic heterocycles. The van der Waals surface area contributed by atoms with Crippen molar-refractivity contribution in [2.75, 3.05) is 6.61 Å². The highest BCUT2D eigenvalue weighted by molar-refractivity contribution is 7.10. The molecule has 0 spiro atoms. The van der Waals surface area contributed by atoms with Crippen molar-refractivity contribution in [2.24, 2.45) is 5.11 Å². The van der Waals surface area contributed by atoms with Crippen molar-refractivity contribution >= 4 is 11.3 Å². The van der Waals surface area contributed by atoms with Crippen LogP contribution in [-0.2, 0) is 6.42 Å². The Morgan fingerprint density at radius 3 is 2.65 bits per heavy atom. The quantitative estimate of drug-likeness (QED) is 0.486. The highest BCUT2D eigenvalue weighted by Crippen LogP contribution is 2.27. The van der Waals surface area contributed by atoms with Gasteiger partial charge in [0.25, 0.3) is 0 Å². The third kappa shape index (κ3) is 3.59. The van der Waals surface area contributed by atoms with Crippen LogP contribution in [0.15, 0.2) is 46.9 Å². The van der Waals surface area contributed by atoms with Gasteiger partial charge in [0.15, 0.2) is 0 Å². The first kappa shape index (κ1) is 14.6. The minimum Gasteiger partial charge on any atom is -0.394 e. The molecule has 2 rings (SSSR count). The van der Waals surface area contributed by atoms with Crippen LogP contribution >= 0.6 is 11.3 Å². The largest absolute Gasteiger partial charge is 0.394 e. The second-order valence-electron chi connectivity index (χ2n) is 4.39. The third-order valence-corrected chi connectivity index (χ3v) is 3.96. The predicted molar refractivity (Wildman–Crippen MR) is 79.5 cm³/mol. The van der Waals surface area contributed by atoms with Crippen LogP contribution in [0.4, 0.5) is 0 Å². The van der Waals surface area contributed by atoms with Gasteiger partial charge in [0.05, 0.1) is 18.8 Å². The Morgan fingerprint density at radius 2 is 2.00 bits per heavy atom. The zero-order valence-electron chi connectivity index (χ0n) is 10.8. The maximum Gasteiger partial charge on any atom is 0.0859 e. The minimum absolute atomic E-state index is 0.416. The van der Waals surface area contributed by atoms with Gasteiger partial charge >= 0.3 is 0 Å². The van der Waals surface area contributed by atoms with Crippen molar-refractivity contribution in [1.29, 1.82) is 0 Å². The van der Waals surface area contributed by atoms with Gasteiger partial charge in [0.1, 0.15) is 0 Å². The number of benzene rings is 1. The molecule has 2 atom stereocenters. The molecule has 0 unspecified atom stereocenters. The number of rotatable bonds is 6. The lowest BCUT2D eigenvalue weighted by Crippen LogP contribution is -2.29. The molecule has 0 saturated heterocycles. The summed E-state index contributed by atoms with van der Waals surface area (Å²) in [5, 5.41) is 24.2. The minimum atomic E-state index is -1.03. The van der Waals surface area contributed by atoms with Crippen LogP contribution in [-0.4, -0.2) is 29.0 Å². The monoisotopic (exact) mass is 289 g/mol. The van der Waals surface area contributed by atoms with E-state index in [2.05, 4.69) is 10.0 Å². The molecule has 1 heterocycles. The predicted octanol–water partition coefficient (Wildman–Crippen LogP) is 2.99. The molecule has 2 N–H and O–H groups in total. The summed E-state index contributed by atoms with van der Waals surface area (Å²) in [4.78, 5) is 3.73. The van der Waals surface area contributed by atoms with Gasteiger partial charge in [0.2, 0.25) is 0 Å². The van der Waals surface area contributed by atoms with E-state index in [0.717, 1.165) is 16.0 Å². The summed E-state index contributed by atoms with van der Waals surface area (Å²) in [5.41, 5.74) is 10.7. The van der Waals surface area contributed by atoms with E-state index < -0.39 is 18.8 Å². The van der Waals surface area contributed by atoms with Crippen molar-refractivity contribution in [3.05, 3.63) is 57.1 Å². The smallest absolute Gasteiger partial charge is 0.0859 e. The molecule has 2 aromatic rings. The van der Waals surface area contributed by atoms with Crippen LogP contribution < -0.4 is 0 Å². The molecule has 0 radical (unpaired) electrons. The number of hydrogen-bond donors (Lipinski definition) is 2. The van der Waals surface area contributed by atoms with Crippen molar-refractivity contribution in [3.8, 4) is 11.1 Å². The van der Waals surface area contributed by atoms with E-state index in [1.807, 2.05) is 41.8 Å². The Balaban J connectivity index is 2.14. The lowest BCUT2D eigenvalue weighted by molar-refractivity contribution is 0.0745. The summed E-state index contributed by atoms with van der Waals surface area (Å²) in [5.74, 6) is 0. The van der Waals surface area contributed by atoms with Gasteiger partial charge in [-0.2, -0.15) is 0 Å². The molecule has 0 aliphatic carbocycles. The second-order valence-corrected chi connectivity index (χ2v) is 5.39. The summed E-state index contributed by atoms with van der Waals surface area (Å²) < 4.78 is 0. The Hall–Kier alpha value is -1.85. The SMILES string of the molecule is [N-]=[N+]=N[C@@H](Cc1cc(-c2ccccc2)cs1)[C@H](O)CO. The molecular formula is C14H15N3O2S. The van der Waals surface area contributed by atoms with E-state index in [0.29, 0.717) is 6.42 Å². The molecule has 5 nitrogen and oxygen atoms in total. The Bertz CT molecular complexity index is 593. The maximum atomic E-state index is 9.62. The molecular weight excluding hydrogens is 274 g/mol. The van der Waals surface area contributed by atoms with E-state index in [9.17, 15) is 5.11 Å². The van der Waals surface area contributed by atoms with Gasteiger partial charge in [-0.1, -0.05) is 35.4 Å². The van der Waals surface area contributed by atoms with Crippen LogP contribution in [0.1, 0.15) is 4.88 Å². The highest BCUT2D eigenvalue weighted by atomic mass is 32.1. The highest BCUT2D eigenvalue weighted by Gasteiger charge is 2.18. The van der Waals surface area contributed by atoms with Crippen molar-refractivity contribution in [1.82, 2.24) is 0 Å². The number of nitrogens with zero attached hydrogens (tertiary/aromatic N) is 3. The first-order valence-corrected chi connectivity index (χ1v) is 7.08. The third-order valence-electron chi connectivity index (χ3n) is 3.00. The van der Waals surface area contributed by atoms with E-state index in [4.69, 9.17) is 10.6 Å². The van der Waals surface area contributed by atoms with Crippen LogP contribution in [0.5, 0.6) is 0 Å². The second kappa shape index (κ2) is 7.07. The van der Waals surface area contributed by atoms with Gasteiger partial charge in [-0.15, -0.1) is 11.3 Å². The Kier molecular flexibility index (Phi) is 5.15. The molecule has 0 aliphatic heterocycles. The van der Waals surface area contributed by atoms with E-state index in [-0.39, 0.29) is 0 Å². The molecule has 0 bridgehead atoms. The van der Waals surface area contributed by atoms with Gasteiger partial charge in [-0.25, -0.2) is 0 Å². The average Bonchev–Trinajstić information content (AvgIpc) is 2.95. The van der Waals surface area contributed by atoms with Crippen LogP contribution in [0, 0.1) is 0 Å². The molecule has 0 fully saturated rings. The van der Waals surface area contributed by atoms with Crippen molar-refractivity contribution < 1.29 is 10.2 Å². The van der Waals surface area contributed by atoms with Gasteiger partial charge in [-0.05, 0) is 34.5 Å². The van der Waals surface area contributed by atoms with Gasteiger partial charge in [0, 0.05) is 9.79 Å². The summed E-state index contributed by atoms with van der Waals surface area (Å²) in [7, 11) is 0. The van der Waals surface area contributed by atoms with Crippen LogP contribution in [0.3, 0.4) is 0 Å². The van der Waals surface area contributed by atoms with Crippen LogP contribution in [0.2, 0.25) is 0 Å². The summed E-state index contributed by atoms with van der Waals surface area (Å²) in [6.45, 7) is -0.416. The fraction of sp³-hybridized carbons (Fsp3) is 0.286. The van der Waals surface area contributed by atoms with Crippen molar-refractivity contribution in [3.63, 3.8) is 0 Å². The number of azide groups is 1. The van der Waals surface area contributed by atoms with E-state index in [1.165, 1.54) is 0 Å². The number of hydrogen-bond acceptors (Lipinski definition) is 4. The first-order chi connectivity index (χ1) is 9.74. The molecule has 0 amide bonds. The fourth-order valence-corrected chi connectivity index (χ4v) is 2.86. The molecule has 1 aromatic carbocycles. The summed E-state index contributed by atoms with van der Waals surface area (Å²) >= 11 is 1.55. The number of thiophene rings is 1. The summed E-state index contributed by atoms with van der Waals surface area (Å²) in [6.07, 6.45) is -0.614. The molecule has 0 saturated carbocycles. The number of aliphatic hydroxyl groups excluding tert-OH is 2. The standard InChI is InChI=1S/C14H15N3O2S/c15-17-16-13(14(19)8-18)7-12-6-11(9-20-12)10-4-2-1-3-5-10/h1-6,9,13-14,18-19H,7-8H2/t13-,14+/m0/s1. The fourth-order valence-electron chi connectivity index (χ4n) is 1.92. The zero-order valence-corrected chi connectivity index (χ0v) is 11.6. The Morgan fingerprint density at radius 1 is 1.25 bits per heavy atom. The molecule has 104 valence electrons. The van der Waals surface area contributed by atoms with Crippen molar-refractivity contribution in [2.45, 2.75) is 18.6 Å². The first-order valence-electron chi connectivity index (χ1n) is 6.20. The van der Waals surface area contributed by atoms with E-state index in [1.54, 1.807) is 11.3 Å². The maximum absolute atomic E-state index is 9.62. The molecule has 0 aliphatic rings. The van der Waals surface area contributed by atoms with Crippen LogP contribution in [0.25, 0.3) is 21.6 Å². The average molecular weight is 289 g/mol. The van der Waals surface area contributed by atoms with Gasteiger partial charge < -0.3 is 10.2 Å². The zero-order chi connectivity index (χ0) is 14.4. The van der Waals surface area contributed by atoms with E-state index >= 15 is 0 Å².